The molecule has 2 rings (SSSR count). The minimum absolute atomic E-state index is 0.209. The van der Waals surface area contributed by atoms with Crippen molar-refractivity contribution in [2.45, 2.75) is 25.7 Å². The van der Waals surface area contributed by atoms with Crippen LogP contribution < -0.4 is 5.73 Å². The number of Topliss-reactive ketones (excluding diaryl/α,β-unsaturated/α-hetero) is 1. The number of phenolic OH excluding ortho intramolecular Hbond substituents is 1. The van der Waals surface area contributed by atoms with Crippen molar-refractivity contribution in [3.63, 3.8) is 0 Å². The number of benzene rings is 1. The quantitative estimate of drug-likeness (QED) is 0.809. The molecule has 16 heavy (non-hydrogen) atoms. The average Bonchev–Trinajstić information content (AvgIpc) is 2.16. The number of ketones is 1. The van der Waals surface area contributed by atoms with Crippen LogP contribution >= 0.6 is 0 Å². The molecule has 0 radical (unpaired) electrons. The summed E-state index contributed by atoms with van der Waals surface area (Å²) in [6.07, 6.45) is 3.32. The highest BCUT2D eigenvalue weighted by Crippen LogP contribution is 2.41. The predicted octanol–water partition coefficient (Wildman–Crippen LogP) is 1.63. The summed E-state index contributed by atoms with van der Waals surface area (Å²) in [5.74, 6) is 0.424. The van der Waals surface area contributed by atoms with Gasteiger partial charge in [-0.25, -0.2) is 0 Å². The fourth-order valence-corrected chi connectivity index (χ4v) is 2.24. The Bertz CT molecular complexity index is 391. The number of hydrogen-bond acceptors (Lipinski definition) is 3. The molecule has 1 aromatic rings. The van der Waals surface area contributed by atoms with Gasteiger partial charge in [0.2, 0.25) is 0 Å². The highest BCUT2D eigenvalue weighted by atomic mass is 16.3. The van der Waals surface area contributed by atoms with Gasteiger partial charge in [-0.15, -0.1) is 0 Å². The summed E-state index contributed by atoms with van der Waals surface area (Å²) in [7, 11) is 0. The van der Waals surface area contributed by atoms with Crippen LogP contribution in [-0.2, 0) is 11.2 Å². The maximum Gasteiger partial charge on any atom is 0.144 e. The van der Waals surface area contributed by atoms with Gasteiger partial charge in [-0.1, -0.05) is 18.6 Å². The summed E-state index contributed by atoms with van der Waals surface area (Å²) in [4.78, 5) is 12.1. The molecule has 1 aromatic carbocycles. The van der Waals surface area contributed by atoms with Crippen LogP contribution in [0.15, 0.2) is 24.3 Å². The van der Waals surface area contributed by atoms with Crippen LogP contribution in [0.5, 0.6) is 5.75 Å². The van der Waals surface area contributed by atoms with Gasteiger partial charge in [0, 0.05) is 18.4 Å². The summed E-state index contributed by atoms with van der Waals surface area (Å²) in [6.45, 7) is 0.449. The zero-order valence-electron chi connectivity index (χ0n) is 9.28. The fourth-order valence-electron chi connectivity index (χ4n) is 2.24. The summed E-state index contributed by atoms with van der Waals surface area (Å²) < 4.78 is 0. The van der Waals surface area contributed by atoms with Crippen LogP contribution in [0, 0.1) is 5.41 Å². The van der Waals surface area contributed by atoms with Crippen molar-refractivity contribution in [3.8, 4) is 5.75 Å². The lowest BCUT2D eigenvalue weighted by Gasteiger charge is -2.39. The molecule has 3 heteroatoms. The number of aromatic hydroxyl groups is 1. The Balaban J connectivity index is 2.07. The highest BCUT2D eigenvalue weighted by Gasteiger charge is 2.41. The standard InChI is InChI=1S/C13H17NO2/c14-9-13(5-2-6-13)12(16)8-10-3-1-4-11(15)7-10/h1,3-4,7,15H,2,5-6,8-9,14H2. The van der Waals surface area contributed by atoms with Crippen LogP contribution in [0.3, 0.4) is 0 Å². The summed E-state index contributed by atoms with van der Waals surface area (Å²) >= 11 is 0. The average molecular weight is 219 g/mol. The Hall–Kier alpha value is -1.35. The van der Waals surface area contributed by atoms with Gasteiger partial charge in [-0.05, 0) is 30.5 Å². The second kappa shape index (κ2) is 4.26. The number of hydrogen-bond donors (Lipinski definition) is 2. The fraction of sp³-hybridized carbons (Fsp3) is 0.462. The summed E-state index contributed by atoms with van der Waals surface area (Å²) in [5.41, 5.74) is 6.28. The van der Waals surface area contributed by atoms with Crippen molar-refractivity contribution < 1.29 is 9.90 Å². The van der Waals surface area contributed by atoms with E-state index in [0.29, 0.717) is 13.0 Å². The predicted molar refractivity (Wildman–Crippen MR) is 62.2 cm³/mol. The Morgan fingerprint density at radius 1 is 1.44 bits per heavy atom. The molecule has 1 fully saturated rings. The van der Waals surface area contributed by atoms with Gasteiger partial charge in [0.15, 0.2) is 0 Å². The van der Waals surface area contributed by atoms with E-state index in [-0.39, 0.29) is 16.9 Å². The van der Waals surface area contributed by atoms with Gasteiger partial charge in [-0.2, -0.15) is 0 Å². The van der Waals surface area contributed by atoms with Crippen LogP contribution in [0.2, 0.25) is 0 Å². The SMILES string of the molecule is NCC1(C(=O)Cc2cccc(O)c2)CCC1. The number of carbonyl (C=O) groups excluding carboxylic acids is 1. The molecule has 0 heterocycles. The zero-order chi connectivity index (χ0) is 11.6. The van der Waals surface area contributed by atoms with Gasteiger partial charge in [0.25, 0.3) is 0 Å². The minimum Gasteiger partial charge on any atom is -0.508 e. The van der Waals surface area contributed by atoms with Gasteiger partial charge >= 0.3 is 0 Å². The van der Waals surface area contributed by atoms with Crippen molar-refractivity contribution in [3.05, 3.63) is 29.8 Å². The minimum atomic E-state index is -0.272. The maximum atomic E-state index is 12.1. The molecule has 3 nitrogen and oxygen atoms in total. The Kier molecular flexibility index (Phi) is 2.97. The lowest BCUT2D eigenvalue weighted by atomic mass is 9.65. The zero-order valence-corrected chi connectivity index (χ0v) is 9.28. The normalized spacial score (nSPS) is 17.8. The van der Waals surface area contributed by atoms with Crippen molar-refractivity contribution >= 4 is 5.78 Å². The largest absolute Gasteiger partial charge is 0.508 e. The van der Waals surface area contributed by atoms with E-state index in [9.17, 15) is 9.90 Å². The van der Waals surface area contributed by atoms with E-state index in [1.807, 2.05) is 6.07 Å². The third-order valence-electron chi connectivity index (χ3n) is 3.57. The highest BCUT2D eigenvalue weighted by molar-refractivity contribution is 5.87. The lowest BCUT2D eigenvalue weighted by molar-refractivity contribution is -0.132. The summed E-state index contributed by atoms with van der Waals surface area (Å²) in [6, 6.07) is 6.87. The van der Waals surface area contributed by atoms with Crippen molar-refractivity contribution in [2.75, 3.05) is 6.54 Å². The molecular formula is C13H17NO2. The van der Waals surface area contributed by atoms with Gasteiger partial charge in [0.1, 0.15) is 11.5 Å². The van der Waals surface area contributed by atoms with Crippen LogP contribution in [-0.4, -0.2) is 17.4 Å². The maximum absolute atomic E-state index is 12.1. The van der Waals surface area contributed by atoms with E-state index in [2.05, 4.69) is 0 Å². The third kappa shape index (κ3) is 1.95. The second-order valence-corrected chi connectivity index (χ2v) is 4.61. The third-order valence-corrected chi connectivity index (χ3v) is 3.57. The molecule has 0 aliphatic heterocycles. The van der Waals surface area contributed by atoms with Crippen molar-refractivity contribution in [1.82, 2.24) is 0 Å². The smallest absolute Gasteiger partial charge is 0.144 e. The molecule has 1 aliphatic carbocycles. The van der Waals surface area contributed by atoms with Gasteiger partial charge < -0.3 is 10.8 Å². The first-order valence-electron chi connectivity index (χ1n) is 5.68. The van der Waals surface area contributed by atoms with Crippen molar-refractivity contribution in [1.29, 1.82) is 0 Å². The molecule has 0 spiro atoms. The monoisotopic (exact) mass is 219 g/mol. The molecule has 3 N–H and O–H groups in total. The lowest BCUT2D eigenvalue weighted by Crippen LogP contribution is -2.45. The first kappa shape index (κ1) is 11.1. The van der Waals surface area contributed by atoms with E-state index < -0.39 is 0 Å². The van der Waals surface area contributed by atoms with E-state index in [0.717, 1.165) is 24.8 Å². The molecule has 0 unspecified atom stereocenters. The molecule has 1 saturated carbocycles. The number of nitrogens with two attached hydrogens (primary N) is 1. The first-order valence-corrected chi connectivity index (χ1v) is 5.68. The second-order valence-electron chi connectivity index (χ2n) is 4.61. The van der Waals surface area contributed by atoms with Crippen LogP contribution in [0.1, 0.15) is 24.8 Å². The molecule has 1 aliphatic rings. The molecule has 0 aromatic heterocycles. The molecular weight excluding hydrogens is 202 g/mol. The van der Waals surface area contributed by atoms with Gasteiger partial charge in [0.05, 0.1) is 0 Å². The Morgan fingerprint density at radius 3 is 2.69 bits per heavy atom. The van der Waals surface area contributed by atoms with Crippen LogP contribution in [0.25, 0.3) is 0 Å². The number of rotatable bonds is 4. The molecule has 86 valence electrons. The number of carbonyl (C=O) groups is 1. The number of phenols is 1. The Labute approximate surface area is 95.3 Å². The van der Waals surface area contributed by atoms with E-state index >= 15 is 0 Å². The molecule has 0 atom stereocenters. The Morgan fingerprint density at radius 2 is 2.19 bits per heavy atom. The van der Waals surface area contributed by atoms with E-state index in [1.54, 1.807) is 18.2 Å². The van der Waals surface area contributed by atoms with E-state index in [1.165, 1.54) is 0 Å². The molecule has 0 saturated heterocycles. The molecule has 0 bridgehead atoms. The molecule has 0 amide bonds. The first-order chi connectivity index (χ1) is 7.66. The van der Waals surface area contributed by atoms with E-state index in [4.69, 9.17) is 5.73 Å². The van der Waals surface area contributed by atoms with Gasteiger partial charge in [-0.3, -0.25) is 4.79 Å². The topological polar surface area (TPSA) is 63.3 Å². The summed E-state index contributed by atoms with van der Waals surface area (Å²) in [5, 5.41) is 9.32. The van der Waals surface area contributed by atoms with Crippen molar-refractivity contribution in [2.24, 2.45) is 11.1 Å². The van der Waals surface area contributed by atoms with Crippen LogP contribution in [0.4, 0.5) is 0 Å².